The number of amides is 2. The average molecular weight is 673 g/mol. The summed E-state index contributed by atoms with van der Waals surface area (Å²) >= 11 is 26.7. The molecule has 6 nitrogen and oxygen atoms in total. The molecule has 0 N–H and O–H groups in total. The fourth-order valence-electron chi connectivity index (χ4n) is 7.02. The molecule has 3 atom stereocenters. The van der Waals surface area contributed by atoms with E-state index in [1.54, 1.807) is 24.3 Å². The Bertz CT molecular complexity index is 1520. The lowest BCUT2D eigenvalue weighted by atomic mass is 9.54. The molecule has 1 heterocycles. The second kappa shape index (κ2) is 12.1. The molecule has 3 aromatic carbocycles. The van der Waals surface area contributed by atoms with E-state index < -0.39 is 33.7 Å². The number of hydrogen-bond acceptors (Lipinski definition) is 5. The number of ketones is 1. The molecule has 44 heavy (non-hydrogen) atoms. The molecule has 228 valence electrons. The fourth-order valence-corrected chi connectivity index (χ4v) is 8.44. The van der Waals surface area contributed by atoms with Crippen molar-refractivity contribution in [3.63, 3.8) is 0 Å². The third-order valence-electron chi connectivity index (χ3n) is 9.01. The van der Waals surface area contributed by atoms with Crippen LogP contribution in [0, 0.1) is 11.8 Å². The van der Waals surface area contributed by atoms with Gasteiger partial charge in [0.15, 0.2) is 6.10 Å². The summed E-state index contributed by atoms with van der Waals surface area (Å²) in [6, 6.07) is 21.4. The summed E-state index contributed by atoms with van der Waals surface area (Å²) < 4.78 is 5.48. The minimum Gasteiger partial charge on any atom is -0.454 e. The summed E-state index contributed by atoms with van der Waals surface area (Å²) in [5.74, 6) is -3.00. The number of esters is 1. The van der Waals surface area contributed by atoms with E-state index in [-0.39, 0.29) is 42.9 Å². The molecule has 0 unspecified atom stereocenters. The number of imide groups is 1. The quantitative estimate of drug-likeness (QED) is 0.0707. The molecule has 0 radical (unpaired) electrons. The largest absolute Gasteiger partial charge is 0.454 e. The number of carbonyl (C=O) groups is 4. The van der Waals surface area contributed by atoms with Crippen molar-refractivity contribution >= 4 is 70.0 Å². The van der Waals surface area contributed by atoms with Gasteiger partial charge in [-0.3, -0.25) is 24.1 Å². The summed E-state index contributed by atoms with van der Waals surface area (Å²) in [4.78, 5) is 52.1. The van der Waals surface area contributed by atoms with Crippen LogP contribution in [0.3, 0.4) is 0 Å². The number of likely N-dealkylation sites (tertiary alicyclic amines) is 1. The third-order valence-corrected chi connectivity index (χ3v) is 10.8. The summed E-state index contributed by atoms with van der Waals surface area (Å²) in [7, 11) is 0. The van der Waals surface area contributed by atoms with Gasteiger partial charge in [-0.1, -0.05) is 66.6 Å². The van der Waals surface area contributed by atoms with Crippen LogP contribution in [-0.2, 0) is 28.9 Å². The van der Waals surface area contributed by atoms with Gasteiger partial charge in [-0.25, -0.2) is 0 Å². The van der Waals surface area contributed by atoms with Crippen molar-refractivity contribution in [2.45, 2.75) is 48.0 Å². The first-order valence-corrected chi connectivity index (χ1v) is 16.3. The van der Waals surface area contributed by atoms with E-state index in [9.17, 15) is 19.2 Å². The zero-order valence-electron chi connectivity index (χ0n) is 23.6. The maximum absolute atomic E-state index is 13.9. The van der Waals surface area contributed by atoms with E-state index in [2.05, 4.69) is 0 Å². The number of Topliss-reactive ketones (excluding diaryl/α,β-unsaturated/α-hetero) is 1. The molecule has 3 aromatic rings. The Kier molecular flexibility index (Phi) is 8.57. The van der Waals surface area contributed by atoms with Gasteiger partial charge >= 0.3 is 5.97 Å². The number of alkyl halides is 3. The van der Waals surface area contributed by atoms with E-state index >= 15 is 0 Å². The molecule has 2 bridgehead atoms. The van der Waals surface area contributed by atoms with Crippen LogP contribution in [-0.4, -0.2) is 47.0 Å². The lowest BCUT2D eigenvalue weighted by Gasteiger charge is -2.54. The maximum atomic E-state index is 13.9. The van der Waals surface area contributed by atoms with Crippen LogP contribution in [0.15, 0.2) is 72.8 Å². The number of unbranched alkanes of at least 4 members (excludes halogenated alkanes) is 2. The summed E-state index contributed by atoms with van der Waals surface area (Å²) in [6.45, 7) is 0.191. The van der Waals surface area contributed by atoms with Gasteiger partial charge in [0.25, 0.3) is 0 Å². The van der Waals surface area contributed by atoms with Gasteiger partial charge in [-0.15, -0.1) is 34.8 Å². The van der Waals surface area contributed by atoms with Crippen molar-refractivity contribution in [3.8, 4) is 0 Å². The normalized spacial score (nSPS) is 25.3. The van der Waals surface area contributed by atoms with Crippen molar-refractivity contribution in [2.75, 3.05) is 12.4 Å². The molecule has 2 amide bonds. The lowest BCUT2D eigenvalue weighted by Crippen LogP contribution is -2.57. The Balaban J connectivity index is 1.09. The van der Waals surface area contributed by atoms with Crippen LogP contribution in [0.5, 0.6) is 0 Å². The zero-order valence-corrected chi connectivity index (χ0v) is 26.6. The second-order valence-corrected chi connectivity index (χ2v) is 13.4. The van der Waals surface area contributed by atoms with E-state index in [1.165, 1.54) is 4.90 Å². The molecule has 10 heteroatoms. The van der Waals surface area contributed by atoms with E-state index in [4.69, 9.17) is 51.1 Å². The first-order valence-electron chi connectivity index (χ1n) is 14.6. The highest BCUT2D eigenvalue weighted by Gasteiger charge is 2.72. The Morgan fingerprint density at radius 2 is 1.27 bits per heavy atom. The number of nitrogens with zero attached hydrogens (tertiary/aromatic N) is 1. The molecule has 7 rings (SSSR count). The molecule has 1 saturated heterocycles. The van der Waals surface area contributed by atoms with Crippen molar-refractivity contribution < 1.29 is 23.9 Å². The highest BCUT2D eigenvalue weighted by molar-refractivity contribution is 6.36. The Morgan fingerprint density at radius 1 is 0.773 bits per heavy atom. The predicted octanol–water partition coefficient (Wildman–Crippen LogP) is 7.22. The number of hydrogen-bond donors (Lipinski definition) is 0. The van der Waals surface area contributed by atoms with Gasteiger partial charge < -0.3 is 4.74 Å². The van der Waals surface area contributed by atoms with Crippen molar-refractivity contribution in [3.05, 3.63) is 106 Å². The van der Waals surface area contributed by atoms with Crippen LogP contribution >= 0.6 is 46.4 Å². The summed E-state index contributed by atoms with van der Waals surface area (Å²) in [5.41, 5.74) is 3.44. The topological polar surface area (TPSA) is 80.8 Å². The molecule has 1 fully saturated rings. The van der Waals surface area contributed by atoms with Crippen LogP contribution < -0.4 is 0 Å². The number of carbonyl (C=O) groups excluding carboxylic acids is 4. The highest BCUT2D eigenvalue weighted by atomic mass is 35.5. The standard InChI is InChI=1S/C34H29Cl4NO5/c35-18-17-26(30(41)20-13-15-21(36)16-14-20)44-27(40)12-2-1-7-19-39-31(42)28-29(32(39)43)34(38)23-9-4-3-8-22(23)33(28,37)24-10-5-6-11-25(24)34/h3-6,8-11,13-16,26,28-29H,1-2,7,12,17-19H2/t26-,28+,29+,33?,34?/m1/s1. The lowest BCUT2D eigenvalue weighted by molar-refractivity contribution is -0.147. The minimum atomic E-state index is -1.21. The number of halogens is 4. The van der Waals surface area contributed by atoms with Crippen LogP contribution in [0.1, 0.15) is 64.7 Å². The molecular formula is C34H29Cl4NO5. The first kappa shape index (κ1) is 31.1. The Labute approximate surface area is 275 Å². The van der Waals surface area contributed by atoms with Crippen molar-refractivity contribution in [1.82, 2.24) is 4.90 Å². The molecule has 4 aliphatic rings. The zero-order chi connectivity index (χ0) is 31.2. The van der Waals surface area contributed by atoms with Crippen molar-refractivity contribution in [2.24, 2.45) is 11.8 Å². The smallest absolute Gasteiger partial charge is 0.306 e. The second-order valence-electron chi connectivity index (χ2n) is 11.4. The van der Waals surface area contributed by atoms with Gasteiger partial charge in [0.2, 0.25) is 17.6 Å². The summed E-state index contributed by atoms with van der Waals surface area (Å²) in [6.07, 6.45) is 0.794. The van der Waals surface area contributed by atoms with E-state index in [0.717, 1.165) is 22.3 Å². The van der Waals surface area contributed by atoms with Gasteiger partial charge in [-0.2, -0.15) is 0 Å². The highest BCUT2D eigenvalue weighted by Crippen LogP contribution is 2.69. The molecule has 0 aromatic heterocycles. The first-order chi connectivity index (χ1) is 21.1. The van der Waals surface area contributed by atoms with E-state index in [0.29, 0.717) is 29.8 Å². The Morgan fingerprint density at radius 3 is 1.75 bits per heavy atom. The molecule has 1 aliphatic heterocycles. The van der Waals surface area contributed by atoms with Gasteiger partial charge in [0.05, 0.1) is 11.8 Å². The number of rotatable bonds is 11. The SMILES string of the molecule is O=C(CCCCCN1C(=O)[C@@H]2[C@@H](C1=O)C1(Cl)c3ccccc3C2(Cl)c2ccccc21)O[C@H](CCCl)C(=O)c1ccc(Cl)cc1. The molecular weight excluding hydrogens is 644 g/mol. The monoisotopic (exact) mass is 671 g/mol. The predicted molar refractivity (Wildman–Crippen MR) is 169 cm³/mol. The molecule has 0 spiro atoms. The van der Waals surface area contributed by atoms with Crippen molar-refractivity contribution in [1.29, 1.82) is 0 Å². The van der Waals surface area contributed by atoms with Gasteiger partial charge in [0, 0.05) is 35.9 Å². The van der Waals surface area contributed by atoms with Crippen LogP contribution in [0.2, 0.25) is 5.02 Å². The van der Waals surface area contributed by atoms with Crippen LogP contribution in [0.4, 0.5) is 0 Å². The van der Waals surface area contributed by atoms with Crippen LogP contribution in [0.25, 0.3) is 0 Å². The number of ether oxygens (including phenoxy) is 1. The van der Waals surface area contributed by atoms with E-state index in [1.807, 2.05) is 48.5 Å². The minimum absolute atomic E-state index is 0.0834. The number of benzene rings is 3. The molecule has 0 saturated carbocycles. The maximum Gasteiger partial charge on any atom is 0.306 e. The summed E-state index contributed by atoms with van der Waals surface area (Å²) in [5, 5.41) is 0.496. The Hall–Kier alpha value is -2.90. The molecule has 3 aliphatic carbocycles. The third kappa shape index (κ3) is 4.86. The fraction of sp³-hybridized carbons (Fsp3) is 0.353. The van der Waals surface area contributed by atoms with Gasteiger partial charge in [-0.05, 0) is 59.4 Å². The average Bonchev–Trinajstić information content (AvgIpc) is 3.29. The van der Waals surface area contributed by atoms with Gasteiger partial charge in [0.1, 0.15) is 9.75 Å².